The second-order valence-electron chi connectivity index (χ2n) is 5.28. The molecule has 1 heterocycles. The molecule has 0 atom stereocenters. The molecule has 1 fully saturated rings. The van der Waals surface area contributed by atoms with E-state index in [1.165, 1.54) is 0 Å². The highest BCUT2D eigenvalue weighted by atomic mass is 32.2. The number of hydrogen-bond acceptors (Lipinski definition) is 3. The number of benzene rings is 1. The maximum Gasteiger partial charge on any atom is 0.253 e. The van der Waals surface area contributed by atoms with Crippen LogP contribution in [-0.2, 0) is 10.5 Å². The minimum absolute atomic E-state index is 0.0192. The Balaban J connectivity index is 1.78. The molecule has 22 heavy (non-hydrogen) atoms. The Bertz CT molecular complexity index is 522. The first-order valence-corrected chi connectivity index (χ1v) is 8.69. The number of carbonyl (C=O) groups excluding carboxylic acids is 2. The van der Waals surface area contributed by atoms with Crippen molar-refractivity contribution in [2.24, 2.45) is 0 Å². The Morgan fingerprint density at radius 1 is 1.23 bits per heavy atom. The monoisotopic (exact) mass is 318 g/mol. The average Bonchev–Trinajstić information content (AvgIpc) is 3.07. The zero-order chi connectivity index (χ0) is 15.8. The summed E-state index contributed by atoms with van der Waals surface area (Å²) in [4.78, 5) is 25.6. The van der Waals surface area contributed by atoms with Crippen molar-refractivity contribution < 1.29 is 9.59 Å². The number of carbonyl (C=O) groups is 2. The molecule has 1 aliphatic heterocycles. The van der Waals surface area contributed by atoms with Crippen molar-refractivity contribution >= 4 is 23.6 Å². The zero-order valence-corrected chi connectivity index (χ0v) is 13.5. The van der Waals surface area contributed by atoms with E-state index in [9.17, 15) is 9.59 Å². The molecule has 0 radical (unpaired) electrons. The van der Waals surface area contributed by atoms with Gasteiger partial charge in [-0.3, -0.25) is 9.59 Å². The minimum Gasteiger partial charge on any atom is -0.352 e. The molecule has 5 heteroatoms. The smallest absolute Gasteiger partial charge is 0.253 e. The van der Waals surface area contributed by atoms with Crippen LogP contribution in [-0.4, -0.2) is 42.1 Å². The fraction of sp³-hybridized carbons (Fsp3) is 0.412. The van der Waals surface area contributed by atoms with Crippen molar-refractivity contribution in [3.05, 3.63) is 48.0 Å². The average molecular weight is 318 g/mol. The number of rotatable bonds is 7. The predicted molar refractivity (Wildman–Crippen MR) is 90.9 cm³/mol. The van der Waals surface area contributed by atoms with Crippen molar-refractivity contribution in [1.82, 2.24) is 10.2 Å². The van der Waals surface area contributed by atoms with Gasteiger partial charge in [-0.25, -0.2) is 0 Å². The topological polar surface area (TPSA) is 49.4 Å². The molecule has 2 rings (SSSR count). The second kappa shape index (κ2) is 8.63. The number of hydrogen-bond donors (Lipinski definition) is 1. The fourth-order valence-electron chi connectivity index (χ4n) is 2.34. The summed E-state index contributed by atoms with van der Waals surface area (Å²) in [6, 6.07) is 7.71. The maximum absolute atomic E-state index is 12.2. The molecule has 1 aromatic carbocycles. The summed E-state index contributed by atoms with van der Waals surface area (Å²) in [5.74, 6) is 1.34. The molecular weight excluding hydrogens is 296 g/mol. The van der Waals surface area contributed by atoms with Gasteiger partial charge in [0.05, 0.1) is 5.75 Å². The van der Waals surface area contributed by atoms with Crippen LogP contribution in [0.2, 0.25) is 0 Å². The van der Waals surface area contributed by atoms with Crippen molar-refractivity contribution in [2.75, 3.05) is 25.4 Å². The highest BCUT2D eigenvalue weighted by Gasteiger charge is 2.19. The summed E-state index contributed by atoms with van der Waals surface area (Å²) >= 11 is 1.56. The molecule has 1 aliphatic rings. The maximum atomic E-state index is 12.2. The predicted octanol–water partition coefficient (Wildman–Crippen LogP) is 2.46. The second-order valence-corrected chi connectivity index (χ2v) is 6.27. The lowest BCUT2D eigenvalue weighted by molar-refractivity contribution is -0.118. The number of likely N-dealkylation sites (tertiary alicyclic amines) is 1. The van der Waals surface area contributed by atoms with Gasteiger partial charge in [-0.1, -0.05) is 18.2 Å². The molecule has 0 aliphatic carbocycles. The number of nitrogens with one attached hydrogen (secondary N) is 1. The van der Waals surface area contributed by atoms with E-state index in [1.54, 1.807) is 17.8 Å². The first-order valence-electron chi connectivity index (χ1n) is 7.54. The van der Waals surface area contributed by atoms with Crippen LogP contribution in [0, 0.1) is 0 Å². The Morgan fingerprint density at radius 2 is 1.91 bits per heavy atom. The first kappa shape index (κ1) is 16.6. The quantitative estimate of drug-likeness (QED) is 0.786. The number of nitrogens with zero attached hydrogens (tertiary/aromatic N) is 1. The van der Waals surface area contributed by atoms with Gasteiger partial charge in [0.1, 0.15) is 0 Å². The van der Waals surface area contributed by atoms with Crippen LogP contribution in [0.4, 0.5) is 0 Å². The summed E-state index contributed by atoms with van der Waals surface area (Å²) in [6.45, 7) is 5.81. The van der Waals surface area contributed by atoms with E-state index in [2.05, 4.69) is 11.9 Å². The molecule has 0 bridgehead atoms. The van der Waals surface area contributed by atoms with Crippen LogP contribution >= 0.6 is 11.8 Å². The van der Waals surface area contributed by atoms with E-state index in [0.717, 1.165) is 42.8 Å². The Morgan fingerprint density at radius 3 is 2.55 bits per heavy atom. The van der Waals surface area contributed by atoms with Gasteiger partial charge in [-0.2, -0.15) is 0 Å². The lowest BCUT2D eigenvalue weighted by Gasteiger charge is -2.15. The van der Waals surface area contributed by atoms with Gasteiger partial charge >= 0.3 is 0 Å². The molecular formula is C17H22N2O2S. The molecule has 0 spiro atoms. The summed E-state index contributed by atoms with van der Waals surface area (Å²) in [6.07, 6.45) is 3.88. The van der Waals surface area contributed by atoms with E-state index in [1.807, 2.05) is 29.2 Å². The third-order valence-corrected chi connectivity index (χ3v) is 4.54. The van der Waals surface area contributed by atoms with E-state index in [0.29, 0.717) is 12.3 Å². The van der Waals surface area contributed by atoms with E-state index >= 15 is 0 Å². The molecule has 0 aromatic heterocycles. The third-order valence-electron chi connectivity index (χ3n) is 3.54. The molecule has 2 amide bonds. The van der Waals surface area contributed by atoms with Gasteiger partial charge in [-0.15, -0.1) is 18.3 Å². The van der Waals surface area contributed by atoms with Crippen LogP contribution in [0.3, 0.4) is 0 Å². The van der Waals surface area contributed by atoms with Gasteiger partial charge in [0.15, 0.2) is 0 Å². The molecule has 1 saturated heterocycles. The summed E-state index contributed by atoms with van der Waals surface area (Å²) in [5.41, 5.74) is 1.87. The standard InChI is InChI=1S/C17H22N2O2S/c1-2-9-18-16(20)13-22-12-14-5-7-15(8-6-14)17(21)19-10-3-4-11-19/h2,5-8H,1,3-4,9-13H2,(H,18,20). The van der Waals surface area contributed by atoms with Crippen LogP contribution in [0.25, 0.3) is 0 Å². The van der Waals surface area contributed by atoms with Crippen molar-refractivity contribution in [3.8, 4) is 0 Å². The van der Waals surface area contributed by atoms with Gasteiger partial charge < -0.3 is 10.2 Å². The zero-order valence-electron chi connectivity index (χ0n) is 12.7. The van der Waals surface area contributed by atoms with E-state index < -0.39 is 0 Å². The number of amides is 2. The van der Waals surface area contributed by atoms with Crippen LogP contribution in [0.15, 0.2) is 36.9 Å². The molecule has 0 unspecified atom stereocenters. The summed E-state index contributed by atoms with van der Waals surface area (Å²) in [7, 11) is 0. The van der Waals surface area contributed by atoms with Crippen LogP contribution in [0.1, 0.15) is 28.8 Å². The first-order chi connectivity index (χ1) is 10.7. The molecule has 0 saturated carbocycles. The van der Waals surface area contributed by atoms with Crippen LogP contribution in [0.5, 0.6) is 0 Å². The van der Waals surface area contributed by atoms with Gasteiger partial charge in [0.2, 0.25) is 5.91 Å². The fourth-order valence-corrected chi connectivity index (χ4v) is 3.16. The highest BCUT2D eigenvalue weighted by Crippen LogP contribution is 2.16. The van der Waals surface area contributed by atoms with Crippen molar-refractivity contribution in [3.63, 3.8) is 0 Å². The molecule has 4 nitrogen and oxygen atoms in total. The van der Waals surface area contributed by atoms with Crippen molar-refractivity contribution in [2.45, 2.75) is 18.6 Å². The molecule has 1 aromatic rings. The lowest BCUT2D eigenvalue weighted by Crippen LogP contribution is -2.27. The minimum atomic E-state index is 0.0192. The summed E-state index contributed by atoms with van der Waals surface area (Å²) in [5, 5.41) is 2.75. The largest absolute Gasteiger partial charge is 0.352 e. The Kier molecular flexibility index (Phi) is 6.52. The SMILES string of the molecule is C=CCNC(=O)CSCc1ccc(C(=O)N2CCCC2)cc1. The van der Waals surface area contributed by atoms with E-state index in [-0.39, 0.29) is 11.8 Å². The number of thioether (sulfide) groups is 1. The van der Waals surface area contributed by atoms with Crippen LogP contribution < -0.4 is 5.32 Å². The summed E-state index contributed by atoms with van der Waals surface area (Å²) < 4.78 is 0. The molecule has 118 valence electrons. The Hall–Kier alpha value is -1.75. The Labute approximate surface area is 136 Å². The van der Waals surface area contributed by atoms with Gasteiger partial charge in [0.25, 0.3) is 5.91 Å². The van der Waals surface area contributed by atoms with E-state index in [4.69, 9.17) is 0 Å². The highest BCUT2D eigenvalue weighted by molar-refractivity contribution is 7.99. The normalized spacial score (nSPS) is 13.9. The molecule has 1 N–H and O–H groups in total. The van der Waals surface area contributed by atoms with Gasteiger partial charge in [-0.05, 0) is 30.5 Å². The van der Waals surface area contributed by atoms with Crippen molar-refractivity contribution in [1.29, 1.82) is 0 Å². The van der Waals surface area contributed by atoms with Gasteiger partial charge in [0, 0.05) is 31.0 Å². The third kappa shape index (κ3) is 4.91. The lowest BCUT2D eigenvalue weighted by atomic mass is 10.1.